The van der Waals surface area contributed by atoms with Crippen molar-refractivity contribution in [1.82, 2.24) is 0 Å². The van der Waals surface area contributed by atoms with Crippen LogP contribution in [-0.4, -0.2) is 18.9 Å². The molecule has 0 fully saturated rings. The van der Waals surface area contributed by atoms with E-state index in [0.717, 1.165) is 11.0 Å². The van der Waals surface area contributed by atoms with Crippen LogP contribution in [-0.2, 0) is 20.8 Å². The maximum atomic E-state index is 12.1. The molecular formula is C15H15NO3S2. The summed E-state index contributed by atoms with van der Waals surface area (Å²) >= 11 is 0. The molecule has 0 bridgehead atoms. The summed E-state index contributed by atoms with van der Waals surface area (Å²) in [6.45, 7) is 0. The third-order valence-corrected chi connectivity index (χ3v) is 4.66. The summed E-state index contributed by atoms with van der Waals surface area (Å²) in [5.74, 6) is 0. The van der Waals surface area contributed by atoms with Crippen LogP contribution >= 0.6 is 0 Å². The molecule has 2 rings (SSSR count). The van der Waals surface area contributed by atoms with E-state index in [9.17, 15) is 12.6 Å². The van der Waals surface area contributed by atoms with Gasteiger partial charge in [0.2, 0.25) is 0 Å². The topological polar surface area (TPSA) is 63.2 Å². The zero-order valence-corrected chi connectivity index (χ0v) is 13.0. The quantitative estimate of drug-likeness (QED) is 0.921. The Hall–Kier alpha value is -1.92. The average molecular weight is 321 g/mol. The first-order chi connectivity index (χ1) is 9.98. The summed E-state index contributed by atoms with van der Waals surface area (Å²) in [5.41, 5.74) is 1.12. The van der Waals surface area contributed by atoms with Crippen molar-refractivity contribution >= 4 is 32.6 Å². The molecule has 1 atom stereocenters. The van der Waals surface area contributed by atoms with Gasteiger partial charge < -0.3 is 0 Å². The monoisotopic (exact) mass is 321 g/mol. The maximum absolute atomic E-state index is 12.1. The highest BCUT2D eigenvalue weighted by atomic mass is 32.2. The molecule has 6 heteroatoms. The van der Waals surface area contributed by atoms with E-state index in [1.807, 2.05) is 18.2 Å². The second-order valence-corrected chi connectivity index (χ2v) is 7.23. The van der Waals surface area contributed by atoms with Gasteiger partial charge in [0.05, 0.1) is 26.8 Å². The lowest BCUT2D eigenvalue weighted by atomic mass is 10.2. The van der Waals surface area contributed by atoms with Gasteiger partial charge in [-0.3, -0.25) is 8.93 Å². The fourth-order valence-corrected chi connectivity index (χ4v) is 3.37. The number of benzene rings is 2. The lowest BCUT2D eigenvalue weighted by Gasteiger charge is -2.08. The van der Waals surface area contributed by atoms with Gasteiger partial charge in [0.15, 0.2) is 0 Å². The molecule has 0 saturated heterocycles. The molecular weight excluding hydrogens is 306 g/mol. The minimum absolute atomic E-state index is 0.330. The first kappa shape index (κ1) is 15.5. The highest BCUT2D eigenvalue weighted by molar-refractivity contribution is 7.95. The molecule has 0 saturated carbocycles. The molecule has 0 aliphatic rings. The zero-order valence-electron chi connectivity index (χ0n) is 11.4. The zero-order chi connectivity index (χ0) is 15.3. The van der Waals surface area contributed by atoms with E-state index in [1.165, 1.54) is 12.3 Å². The van der Waals surface area contributed by atoms with Crippen molar-refractivity contribution < 1.29 is 12.6 Å². The number of sulfonamides is 1. The van der Waals surface area contributed by atoms with Crippen LogP contribution in [0.2, 0.25) is 0 Å². The van der Waals surface area contributed by atoms with E-state index in [-0.39, 0.29) is 0 Å². The Balaban J connectivity index is 2.23. The molecule has 21 heavy (non-hydrogen) atoms. The second-order valence-electron chi connectivity index (χ2n) is 4.31. The average Bonchev–Trinajstić information content (AvgIpc) is 2.46. The van der Waals surface area contributed by atoms with Gasteiger partial charge in [0.1, 0.15) is 0 Å². The van der Waals surface area contributed by atoms with Crippen LogP contribution in [0.25, 0.3) is 6.08 Å². The Kier molecular flexibility index (Phi) is 4.93. The normalized spacial score (nSPS) is 13.2. The lowest BCUT2D eigenvalue weighted by Crippen LogP contribution is -2.10. The minimum atomic E-state index is -3.65. The Morgan fingerprint density at radius 3 is 2.29 bits per heavy atom. The number of hydrogen-bond donors (Lipinski definition) is 1. The standard InChI is InChI=1S/C15H15NO3S2/c1-20(17)15-10-6-5-9-14(15)16-21(18,19)12-11-13-7-3-2-4-8-13/h2-12,16H,1H3. The van der Waals surface area contributed by atoms with Gasteiger partial charge in [-0.25, -0.2) is 8.42 Å². The fourth-order valence-electron chi connectivity index (χ4n) is 1.72. The van der Waals surface area contributed by atoms with E-state index in [1.54, 1.807) is 36.4 Å². The van der Waals surface area contributed by atoms with Crippen molar-refractivity contribution in [3.63, 3.8) is 0 Å². The number of para-hydroxylation sites is 1. The van der Waals surface area contributed by atoms with Gasteiger partial charge >= 0.3 is 0 Å². The highest BCUT2D eigenvalue weighted by Crippen LogP contribution is 2.20. The third-order valence-electron chi connectivity index (χ3n) is 2.69. The SMILES string of the molecule is CS(=O)c1ccccc1NS(=O)(=O)C=Cc1ccccc1. The van der Waals surface area contributed by atoms with Crippen molar-refractivity contribution in [2.24, 2.45) is 0 Å². The molecule has 0 heterocycles. The van der Waals surface area contributed by atoms with Crippen molar-refractivity contribution in [2.45, 2.75) is 4.90 Å². The van der Waals surface area contributed by atoms with Gasteiger partial charge in [-0.1, -0.05) is 42.5 Å². The van der Waals surface area contributed by atoms with Gasteiger partial charge in [0.25, 0.3) is 10.0 Å². The van der Waals surface area contributed by atoms with Gasteiger partial charge in [-0.05, 0) is 23.8 Å². The van der Waals surface area contributed by atoms with Crippen LogP contribution in [0.5, 0.6) is 0 Å². The Morgan fingerprint density at radius 1 is 1.00 bits per heavy atom. The van der Waals surface area contributed by atoms with E-state index in [2.05, 4.69) is 4.72 Å². The summed E-state index contributed by atoms with van der Waals surface area (Å²) in [4.78, 5) is 0.453. The molecule has 1 N–H and O–H groups in total. The van der Waals surface area contributed by atoms with Crippen LogP contribution in [0, 0.1) is 0 Å². The van der Waals surface area contributed by atoms with Crippen LogP contribution in [0.15, 0.2) is 64.9 Å². The number of rotatable bonds is 5. The molecule has 0 aliphatic carbocycles. The molecule has 0 radical (unpaired) electrons. The Labute approximate surface area is 127 Å². The highest BCUT2D eigenvalue weighted by Gasteiger charge is 2.11. The van der Waals surface area contributed by atoms with E-state index in [0.29, 0.717) is 10.6 Å². The molecule has 0 aromatic heterocycles. The van der Waals surface area contributed by atoms with Crippen molar-refractivity contribution in [3.05, 3.63) is 65.6 Å². The predicted octanol–water partition coefficient (Wildman–Crippen LogP) is 2.84. The number of hydrogen-bond acceptors (Lipinski definition) is 3. The van der Waals surface area contributed by atoms with E-state index in [4.69, 9.17) is 0 Å². The maximum Gasteiger partial charge on any atom is 0.255 e. The van der Waals surface area contributed by atoms with E-state index < -0.39 is 20.8 Å². The minimum Gasteiger partial charge on any atom is -0.279 e. The summed E-state index contributed by atoms with van der Waals surface area (Å²) in [7, 11) is -4.92. The van der Waals surface area contributed by atoms with Crippen molar-refractivity contribution in [3.8, 4) is 0 Å². The number of anilines is 1. The van der Waals surface area contributed by atoms with Crippen LogP contribution in [0.3, 0.4) is 0 Å². The van der Waals surface area contributed by atoms with Gasteiger partial charge in [-0.15, -0.1) is 0 Å². The molecule has 0 amide bonds. The third kappa shape index (κ3) is 4.54. The molecule has 1 unspecified atom stereocenters. The fraction of sp³-hybridized carbons (Fsp3) is 0.0667. The summed E-state index contributed by atoms with van der Waals surface area (Å²) in [6, 6.07) is 15.8. The molecule has 2 aromatic carbocycles. The van der Waals surface area contributed by atoms with Crippen molar-refractivity contribution in [1.29, 1.82) is 0 Å². The van der Waals surface area contributed by atoms with Crippen LogP contribution < -0.4 is 4.72 Å². The first-order valence-corrected chi connectivity index (χ1v) is 9.27. The Bertz CT molecular complexity index is 769. The molecule has 4 nitrogen and oxygen atoms in total. The van der Waals surface area contributed by atoms with Crippen LogP contribution in [0.4, 0.5) is 5.69 Å². The summed E-state index contributed by atoms with van der Waals surface area (Å²) < 4.78 is 38.1. The lowest BCUT2D eigenvalue weighted by molar-refractivity contribution is 0.609. The number of nitrogens with one attached hydrogen (secondary N) is 1. The summed E-state index contributed by atoms with van der Waals surface area (Å²) in [6.07, 6.45) is 3.01. The smallest absolute Gasteiger partial charge is 0.255 e. The largest absolute Gasteiger partial charge is 0.279 e. The predicted molar refractivity (Wildman–Crippen MR) is 86.8 cm³/mol. The molecule has 2 aromatic rings. The summed E-state index contributed by atoms with van der Waals surface area (Å²) in [5, 5.41) is 1.09. The molecule has 110 valence electrons. The van der Waals surface area contributed by atoms with Gasteiger partial charge in [0, 0.05) is 6.26 Å². The first-order valence-electron chi connectivity index (χ1n) is 6.16. The Morgan fingerprint density at radius 2 is 1.62 bits per heavy atom. The van der Waals surface area contributed by atoms with Gasteiger partial charge in [-0.2, -0.15) is 0 Å². The van der Waals surface area contributed by atoms with Crippen molar-refractivity contribution in [2.75, 3.05) is 11.0 Å². The molecule has 0 spiro atoms. The molecule has 0 aliphatic heterocycles. The van der Waals surface area contributed by atoms with E-state index >= 15 is 0 Å². The van der Waals surface area contributed by atoms with Crippen LogP contribution in [0.1, 0.15) is 5.56 Å². The second kappa shape index (κ2) is 6.69.